The Morgan fingerprint density at radius 2 is 2.33 bits per heavy atom. The molecule has 0 saturated carbocycles. The van der Waals surface area contributed by atoms with Crippen molar-refractivity contribution in [1.29, 1.82) is 0 Å². The lowest BCUT2D eigenvalue weighted by Gasteiger charge is -2.20. The molecule has 1 aromatic heterocycles. The van der Waals surface area contributed by atoms with E-state index in [-0.39, 0.29) is 5.82 Å². The molecule has 2 nitrogen and oxygen atoms in total. The van der Waals surface area contributed by atoms with Gasteiger partial charge in [0.1, 0.15) is 5.82 Å². The van der Waals surface area contributed by atoms with Crippen LogP contribution in [0, 0.1) is 11.7 Å². The van der Waals surface area contributed by atoms with Crippen molar-refractivity contribution in [3.63, 3.8) is 0 Å². The summed E-state index contributed by atoms with van der Waals surface area (Å²) in [7, 11) is 1.98. The second-order valence-electron chi connectivity index (χ2n) is 4.72. The Hall–Kier alpha value is -0.970. The van der Waals surface area contributed by atoms with Crippen LogP contribution in [0.25, 0.3) is 10.1 Å². The van der Waals surface area contributed by atoms with Crippen LogP contribution in [0.15, 0.2) is 24.3 Å². The van der Waals surface area contributed by atoms with Crippen molar-refractivity contribution in [1.82, 2.24) is 5.32 Å². The lowest BCUT2D eigenvalue weighted by Crippen LogP contribution is -2.24. The van der Waals surface area contributed by atoms with Gasteiger partial charge >= 0.3 is 0 Å². The third-order valence-electron chi connectivity index (χ3n) is 3.55. The molecule has 18 heavy (non-hydrogen) atoms. The Kier molecular flexibility index (Phi) is 3.33. The molecule has 2 aromatic rings. The fraction of sp³-hybridized carbons (Fsp3) is 0.429. The van der Waals surface area contributed by atoms with Gasteiger partial charge in [0.15, 0.2) is 0 Å². The fourth-order valence-corrected chi connectivity index (χ4v) is 3.86. The summed E-state index contributed by atoms with van der Waals surface area (Å²) in [4.78, 5) is 1.27. The van der Waals surface area contributed by atoms with Crippen LogP contribution in [0.3, 0.4) is 0 Å². The first kappa shape index (κ1) is 12.1. The highest BCUT2D eigenvalue weighted by molar-refractivity contribution is 7.19. The third kappa shape index (κ3) is 2.16. The zero-order valence-electron chi connectivity index (χ0n) is 10.3. The number of rotatable bonds is 3. The minimum Gasteiger partial charge on any atom is -0.381 e. The summed E-state index contributed by atoms with van der Waals surface area (Å²) in [6.45, 7) is 1.66. The van der Waals surface area contributed by atoms with E-state index in [9.17, 15) is 4.39 Å². The molecule has 1 aliphatic rings. The first-order chi connectivity index (χ1) is 8.78. The van der Waals surface area contributed by atoms with Gasteiger partial charge in [0.25, 0.3) is 0 Å². The smallest absolute Gasteiger partial charge is 0.123 e. The molecule has 1 N–H and O–H groups in total. The van der Waals surface area contributed by atoms with Crippen LogP contribution >= 0.6 is 11.3 Å². The molecular formula is C14H16FNOS. The van der Waals surface area contributed by atoms with Crippen molar-refractivity contribution in [2.24, 2.45) is 5.92 Å². The van der Waals surface area contributed by atoms with Crippen LogP contribution in [0.4, 0.5) is 4.39 Å². The van der Waals surface area contributed by atoms with E-state index >= 15 is 0 Å². The summed E-state index contributed by atoms with van der Waals surface area (Å²) in [6, 6.07) is 7.40. The van der Waals surface area contributed by atoms with Gasteiger partial charge in [0.05, 0.1) is 6.61 Å². The first-order valence-corrected chi connectivity index (χ1v) is 7.03. The van der Waals surface area contributed by atoms with E-state index in [1.807, 2.05) is 13.1 Å². The number of ether oxygens (including phenoxy) is 1. The predicted octanol–water partition coefficient (Wildman–Crippen LogP) is 3.34. The molecule has 3 rings (SSSR count). The van der Waals surface area contributed by atoms with Crippen LogP contribution in [0.2, 0.25) is 0 Å². The van der Waals surface area contributed by atoms with E-state index in [0.29, 0.717) is 12.0 Å². The number of fused-ring (bicyclic) bond motifs is 1. The molecule has 1 saturated heterocycles. The molecule has 0 bridgehead atoms. The monoisotopic (exact) mass is 265 g/mol. The number of thiophene rings is 1. The predicted molar refractivity (Wildman–Crippen MR) is 72.5 cm³/mol. The second-order valence-corrected chi connectivity index (χ2v) is 5.84. The molecule has 1 aromatic carbocycles. The summed E-state index contributed by atoms with van der Waals surface area (Å²) in [6.07, 6.45) is 1.09. The van der Waals surface area contributed by atoms with E-state index in [1.165, 1.54) is 10.9 Å². The molecule has 1 aliphatic heterocycles. The average molecular weight is 265 g/mol. The van der Waals surface area contributed by atoms with E-state index in [2.05, 4.69) is 11.4 Å². The number of halogens is 1. The maximum absolute atomic E-state index is 13.2. The highest BCUT2D eigenvalue weighted by Gasteiger charge is 2.27. The zero-order chi connectivity index (χ0) is 12.5. The van der Waals surface area contributed by atoms with E-state index in [1.54, 1.807) is 17.4 Å². The summed E-state index contributed by atoms with van der Waals surface area (Å²) in [5.41, 5.74) is 0. The zero-order valence-corrected chi connectivity index (χ0v) is 11.1. The Morgan fingerprint density at radius 1 is 1.44 bits per heavy atom. The topological polar surface area (TPSA) is 21.3 Å². The maximum Gasteiger partial charge on any atom is 0.123 e. The molecule has 1 fully saturated rings. The number of benzene rings is 1. The van der Waals surface area contributed by atoms with Gasteiger partial charge in [0, 0.05) is 28.1 Å². The summed E-state index contributed by atoms with van der Waals surface area (Å²) in [5.74, 6) is 0.352. The quantitative estimate of drug-likeness (QED) is 0.919. The molecule has 0 spiro atoms. The van der Waals surface area contributed by atoms with Crippen molar-refractivity contribution >= 4 is 21.4 Å². The van der Waals surface area contributed by atoms with Crippen molar-refractivity contribution in [2.75, 3.05) is 20.3 Å². The molecule has 2 unspecified atom stereocenters. The Labute approximate surface area is 110 Å². The van der Waals surface area contributed by atoms with Gasteiger partial charge < -0.3 is 10.1 Å². The summed E-state index contributed by atoms with van der Waals surface area (Å²) < 4.78 is 19.8. The third-order valence-corrected chi connectivity index (χ3v) is 4.75. The summed E-state index contributed by atoms with van der Waals surface area (Å²) >= 11 is 1.74. The van der Waals surface area contributed by atoms with Crippen molar-refractivity contribution in [2.45, 2.75) is 12.5 Å². The number of hydrogen-bond donors (Lipinski definition) is 1. The van der Waals surface area contributed by atoms with Crippen LogP contribution < -0.4 is 5.32 Å². The van der Waals surface area contributed by atoms with Crippen molar-refractivity contribution < 1.29 is 9.13 Å². The fourth-order valence-electron chi connectivity index (χ4n) is 2.61. The largest absolute Gasteiger partial charge is 0.381 e. The van der Waals surface area contributed by atoms with Crippen LogP contribution in [-0.2, 0) is 4.74 Å². The van der Waals surface area contributed by atoms with Crippen molar-refractivity contribution in [3.05, 3.63) is 35.0 Å². The van der Waals surface area contributed by atoms with Gasteiger partial charge in [-0.25, -0.2) is 4.39 Å². The minimum atomic E-state index is -0.169. The number of nitrogens with one attached hydrogen (secondary N) is 1. The number of hydrogen-bond acceptors (Lipinski definition) is 3. The molecule has 0 aliphatic carbocycles. The first-order valence-electron chi connectivity index (χ1n) is 6.22. The van der Waals surface area contributed by atoms with E-state index < -0.39 is 0 Å². The minimum absolute atomic E-state index is 0.169. The molecule has 96 valence electrons. The highest BCUT2D eigenvalue weighted by atomic mass is 32.1. The maximum atomic E-state index is 13.2. The average Bonchev–Trinajstić information content (AvgIpc) is 2.98. The summed E-state index contributed by atoms with van der Waals surface area (Å²) in [5, 5.41) is 4.37. The Balaban J connectivity index is 1.96. The van der Waals surface area contributed by atoms with Gasteiger partial charge in [0.2, 0.25) is 0 Å². The van der Waals surface area contributed by atoms with Crippen LogP contribution in [0.1, 0.15) is 17.3 Å². The van der Waals surface area contributed by atoms with Gasteiger partial charge in [-0.3, -0.25) is 0 Å². The molecule has 4 heteroatoms. The van der Waals surface area contributed by atoms with E-state index in [4.69, 9.17) is 4.74 Å². The SMILES string of the molecule is CNC(c1cc2cc(F)ccc2s1)C1CCOC1. The van der Waals surface area contributed by atoms with Crippen molar-refractivity contribution in [3.8, 4) is 0 Å². The normalized spacial score (nSPS) is 21.6. The standard InChI is InChI=1S/C14H16FNOS/c1-16-14(9-4-5-17-8-9)13-7-10-6-11(15)2-3-12(10)18-13/h2-3,6-7,9,14,16H,4-5,8H2,1H3. The Bertz CT molecular complexity index is 548. The molecule has 0 amide bonds. The van der Waals surface area contributed by atoms with Crippen LogP contribution in [0.5, 0.6) is 0 Å². The lowest BCUT2D eigenvalue weighted by molar-refractivity contribution is 0.178. The molecule has 0 radical (unpaired) electrons. The molecule has 2 atom stereocenters. The van der Waals surface area contributed by atoms with Gasteiger partial charge in [-0.05, 0) is 43.1 Å². The second kappa shape index (κ2) is 4.96. The van der Waals surface area contributed by atoms with E-state index in [0.717, 1.165) is 29.7 Å². The Morgan fingerprint density at radius 3 is 3.06 bits per heavy atom. The highest BCUT2D eigenvalue weighted by Crippen LogP contribution is 2.36. The van der Waals surface area contributed by atoms with Crippen LogP contribution in [-0.4, -0.2) is 20.3 Å². The molecular weight excluding hydrogens is 249 g/mol. The lowest BCUT2D eigenvalue weighted by atomic mass is 9.97. The van der Waals surface area contributed by atoms with Gasteiger partial charge in [-0.1, -0.05) is 0 Å². The molecule has 2 heterocycles. The van der Waals surface area contributed by atoms with Gasteiger partial charge in [-0.2, -0.15) is 0 Å². The van der Waals surface area contributed by atoms with Gasteiger partial charge in [-0.15, -0.1) is 11.3 Å².